The standard InChI is InChI=1S/C12H16N/c1-11-5-7-12(8-6-11)13-9-3-2-4-10-13/h2,5-8H,3-4,9-10H2,1H3. The summed E-state index contributed by atoms with van der Waals surface area (Å²) in [4.78, 5) is 2.46. The van der Waals surface area contributed by atoms with Crippen LogP contribution in [0.1, 0.15) is 18.4 Å². The summed E-state index contributed by atoms with van der Waals surface area (Å²) in [7, 11) is 0. The molecule has 0 spiro atoms. The van der Waals surface area contributed by atoms with Gasteiger partial charge in [-0.15, -0.1) is 0 Å². The average Bonchev–Trinajstić information content (AvgIpc) is 2.20. The van der Waals surface area contributed by atoms with Gasteiger partial charge in [-0.25, -0.2) is 0 Å². The lowest BCUT2D eigenvalue weighted by Gasteiger charge is -2.28. The fraction of sp³-hybridized carbons (Fsp3) is 0.417. The van der Waals surface area contributed by atoms with E-state index < -0.39 is 0 Å². The lowest BCUT2D eigenvalue weighted by molar-refractivity contribution is 0.679. The van der Waals surface area contributed by atoms with Gasteiger partial charge < -0.3 is 4.90 Å². The van der Waals surface area contributed by atoms with Crippen LogP contribution in [-0.2, 0) is 0 Å². The van der Waals surface area contributed by atoms with Gasteiger partial charge in [-0.3, -0.25) is 0 Å². The Bertz CT molecular complexity index is 257. The van der Waals surface area contributed by atoms with Gasteiger partial charge in [-0.2, -0.15) is 0 Å². The summed E-state index contributed by atoms with van der Waals surface area (Å²) >= 11 is 0. The summed E-state index contributed by atoms with van der Waals surface area (Å²) in [5.74, 6) is 0. The quantitative estimate of drug-likeness (QED) is 0.632. The fourth-order valence-corrected chi connectivity index (χ4v) is 1.76. The highest BCUT2D eigenvalue weighted by Crippen LogP contribution is 2.19. The Morgan fingerprint density at radius 3 is 2.23 bits per heavy atom. The third-order valence-corrected chi connectivity index (χ3v) is 2.61. The van der Waals surface area contributed by atoms with Crippen molar-refractivity contribution in [2.45, 2.75) is 19.8 Å². The smallest absolute Gasteiger partial charge is 0.0366 e. The van der Waals surface area contributed by atoms with Crippen molar-refractivity contribution in [3.8, 4) is 0 Å². The second-order valence-electron chi connectivity index (χ2n) is 3.69. The van der Waals surface area contributed by atoms with Crippen molar-refractivity contribution < 1.29 is 0 Å². The van der Waals surface area contributed by atoms with Gasteiger partial charge in [0.15, 0.2) is 0 Å². The SMILES string of the molecule is Cc1ccc(N2CC[CH]CC2)cc1. The molecule has 0 aliphatic carbocycles. The zero-order valence-corrected chi connectivity index (χ0v) is 8.16. The molecule has 1 heteroatoms. The van der Waals surface area contributed by atoms with E-state index in [9.17, 15) is 0 Å². The number of rotatable bonds is 1. The van der Waals surface area contributed by atoms with Crippen LogP contribution in [0.25, 0.3) is 0 Å². The molecule has 13 heavy (non-hydrogen) atoms. The lowest BCUT2D eigenvalue weighted by atomic mass is 10.1. The second-order valence-corrected chi connectivity index (χ2v) is 3.69. The first-order valence-corrected chi connectivity index (χ1v) is 4.99. The highest BCUT2D eigenvalue weighted by Gasteiger charge is 2.09. The number of benzene rings is 1. The number of piperidine rings is 1. The maximum atomic E-state index is 2.46. The Balaban J connectivity index is 2.10. The molecule has 1 aliphatic rings. The van der Waals surface area contributed by atoms with Gasteiger partial charge in [-0.1, -0.05) is 17.7 Å². The van der Waals surface area contributed by atoms with Crippen LogP contribution in [0.3, 0.4) is 0 Å². The molecule has 1 aromatic carbocycles. The largest absolute Gasteiger partial charge is 0.372 e. The summed E-state index contributed by atoms with van der Waals surface area (Å²) in [6, 6.07) is 8.82. The molecular formula is C12H16N. The summed E-state index contributed by atoms with van der Waals surface area (Å²) in [6.45, 7) is 4.50. The van der Waals surface area contributed by atoms with Crippen LogP contribution >= 0.6 is 0 Å². The fourth-order valence-electron chi connectivity index (χ4n) is 1.76. The molecule has 0 atom stereocenters. The summed E-state index contributed by atoms with van der Waals surface area (Å²) in [5.41, 5.74) is 2.71. The molecule has 1 aliphatic heterocycles. The van der Waals surface area contributed by atoms with Crippen molar-refractivity contribution in [1.29, 1.82) is 0 Å². The molecule has 1 saturated heterocycles. The summed E-state index contributed by atoms with van der Waals surface area (Å²) in [6.07, 6.45) is 4.84. The molecule has 1 aromatic rings. The van der Waals surface area contributed by atoms with Crippen molar-refractivity contribution in [2.75, 3.05) is 18.0 Å². The Morgan fingerprint density at radius 1 is 1.00 bits per heavy atom. The van der Waals surface area contributed by atoms with E-state index in [1.165, 1.54) is 37.2 Å². The highest BCUT2D eigenvalue weighted by molar-refractivity contribution is 5.47. The van der Waals surface area contributed by atoms with Crippen LogP contribution in [0.5, 0.6) is 0 Å². The van der Waals surface area contributed by atoms with E-state index >= 15 is 0 Å². The maximum absolute atomic E-state index is 2.46. The zero-order valence-electron chi connectivity index (χ0n) is 8.16. The second kappa shape index (κ2) is 3.82. The van der Waals surface area contributed by atoms with E-state index in [0.29, 0.717) is 0 Å². The van der Waals surface area contributed by atoms with E-state index in [-0.39, 0.29) is 0 Å². The summed E-state index contributed by atoms with van der Waals surface area (Å²) in [5, 5.41) is 0. The lowest BCUT2D eigenvalue weighted by Crippen LogP contribution is -2.29. The predicted octanol–water partition coefficient (Wildman–Crippen LogP) is 2.80. The first-order chi connectivity index (χ1) is 6.36. The van der Waals surface area contributed by atoms with Gasteiger partial charge in [0, 0.05) is 18.8 Å². The highest BCUT2D eigenvalue weighted by atomic mass is 15.1. The van der Waals surface area contributed by atoms with Gasteiger partial charge in [-0.05, 0) is 38.3 Å². The minimum Gasteiger partial charge on any atom is -0.372 e. The maximum Gasteiger partial charge on any atom is 0.0366 e. The van der Waals surface area contributed by atoms with Crippen molar-refractivity contribution >= 4 is 5.69 Å². The third kappa shape index (κ3) is 2.03. The molecule has 0 aromatic heterocycles. The summed E-state index contributed by atoms with van der Waals surface area (Å²) < 4.78 is 0. The van der Waals surface area contributed by atoms with E-state index in [1.807, 2.05) is 0 Å². The molecule has 1 nitrogen and oxygen atoms in total. The van der Waals surface area contributed by atoms with Crippen molar-refractivity contribution in [3.05, 3.63) is 36.2 Å². The third-order valence-electron chi connectivity index (χ3n) is 2.61. The first-order valence-electron chi connectivity index (χ1n) is 4.99. The molecule has 0 bridgehead atoms. The zero-order chi connectivity index (χ0) is 9.10. The van der Waals surface area contributed by atoms with Crippen molar-refractivity contribution in [3.63, 3.8) is 0 Å². The molecule has 0 amide bonds. The van der Waals surface area contributed by atoms with Gasteiger partial charge in [0.1, 0.15) is 0 Å². The molecule has 2 rings (SSSR count). The first kappa shape index (κ1) is 8.61. The van der Waals surface area contributed by atoms with Crippen LogP contribution in [0, 0.1) is 13.3 Å². The molecule has 0 N–H and O–H groups in total. The molecule has 0 saturated carbocycles. The Kier molecular flexibility index (Phi) is 2.53. The van der Waals surface area contributed by atoms with Gasteiger partial charge in [0.25, 0.3) is 0 Å². The van der Waals surface area contributed by atoms with E-state index in [4.69, 9.17) is 0 Å². The average molecular weight is 174 g/mol. The van der Waals surface area contributed by atoms with Crippen LogP contribution in [0.15, 0.2) is 24.3 Å². The number of hydrogen-bond acceptors (Lipinski definition) is 1. The molecule has 69 valence electrons. The number of nitrogens with zero attached hydrogens (tertiary/aromatic N) is 1. The Morgan fingerprint density at radius 2 is 1.62 bits per heavy atom. The number of aryl methyl sites for hydroxylation is 1. The van der Waals surface area contributed by atoms with Gasteiger partial charge >= 0.3 is 0 Å². The molecule has 1 heterocycles. The van der Waals surface area contributed by atoms with Crippen LogP contribution in [0.4, 0.5) is 5.69 Å². The minimum absolute atomic E-state index is 1.18. The normalized spacial score (nSPS) is 17.5. The molecule has 1 fully saturated rings. The predicted molar refractivity (Wildman–Crippen MR) is 56.9 cm³/mol. The Labute approximate surface area is 80.4 Å². The Hall–Kier alpha value is -0.980. The van der Waals surface area contributed by atoms with Crippen LogP contribution < -0.4 is 4.90 Å². The van der Waals surface area contributed by atoms with Crippen molar-refractivity contribution in [1.82, 2.24) is 0 Å². The molecule has 1 radical (unpaired) electrons. The molecule has 0 unspecified atom stereocenters. The van der Waals surface area contributed by atoms with E-state index in [2.05, 4.69) is 42.5 Å². The number of anilines is 1. The van der Waals surface area contributed by atoms with Crippen molar-refractivity contribution in [2.24, 2.45) is 0 Å². The monoisotopic (exact) mass is 174 g/mol. The topological polar surface area (TPSA) is 3.24 Å². The van der Waals surface area contributed by atoms with Crippen LogP contribution in [-0.4, -0.2) is 13.1 Å². The van der Waals surface area contributed by atoms with Gasteiger partial charge in [0.05, 0.1) is 0 Å². The van der Waals surface area contributed by atoms with Crippen LogP contribution in [0.2, 0.25) is 0 Å². The number of hydrogen-bond donors (Lipinski definition) is 0. The van der Waals surface area contributed by atoms with E-state index in [1.54, 1.807) is 0 Å². The van der Waals surface area contributed by atoms with Gasteiger partial charge in [0.2, 0.25) is 0 Å². The minimum atomic E-state index is 1.18. The molecular weight excluding hydrogens is 158 g/mol. The van der Waals surface area contributed by atoms with E-state index in [0.717, 1.165) is 0 Å².